The molecule has 0 aromatic heterocycles. The van der Waals surface area contributed by atoms with Gasteiger partial charge in [-0.15, -0.1) is 0 Å². The van der Waals surface area contributed by atoms with Gasteiger partial charge >= 0.3 is 5.97 Å². The number of esters is 1. The van der Waals surface area contributed by atoms with Crippen molar-refractivity contribution >= 4 is 17.8 Å². The first-order chi connectivity index (χ1) is 12.0. The molecule has 0 saturated heterocycles. The zero-order valence-electron chi connectivity index (χ0n) is 13.3. The highest BCUT2D eigenvalue weighted by atomic mass is 19.1. The lowest BCUT2D eigenvalue weighted by Crippen LogP contribution is -2.33. The van der Waals surface area contributed by atoms with Crippen molar-refractivity contribution in [2.45, 2.75) is 0 Å². The van der Waals surface area contributed by atoms with Crippen LogP contribution in [0.4, 0.5) is 4.39 Å². The first kappa shape index (κ1) is 16.6. The van der Waals surface area contributed by atoms with Gasteiger partial charge in [0.2, 0.25) is 0 Å². The van der Waals surface area contributed by atoms with Crippen LogP contribution < -0.4 is 4.74 Å². The van der Waals surface area contributed by atoms with E-state index in [4.69, 9.17) is 9.47 Å². The summed E-state index contributed by atoms with van der Waals surface area (Å²) in [6.45, 7) is -0.255. The maximum absolute atomic E-state index is 13.6. The third-order valence-corrected chi connectivity index (χ3v) is 3.81. The predicted octanol–water partition coefficient (Wildman–Crippen LogP) is 2.29. The van der Waals surface area contributed by atoms with Crippen LogP contribution >= 0.6 is 0 Å². The molecule has 2 amide bonds. The summed E-state index contributed by atoms with van der Waals surface area (Å²) < 4.78 is 23.4. The molecule has 25 heavy (non-hydrogen) atoms. The lowest BCUT2D eigenvalue weighted by atomic mass is 10.1. The van der Waals surface area contributed by atoms with E-state index in [1.54, 1.807) is 24.3 Å². The summed E-state index contributed by atoms with van der Waals surface area (Å²) >= 11 is 0. The number of amides is 2. The molecule has 7 heteroatoms. The van der Waals surface area contributed by atoms with Crippen molar-refractivity contribution in [1.29, 1.82) is 0 Å². The number of carbonyl (C=O) groups is 3. The van der Waals surface area contributed by atoms with Gasteiger partial charge in [-0.2, -0.15) is 0 Å². The minimum Gasteiger partial charge on any atom is -0.494 e. The van der Waals surface area contributed by atoms with Crippen LogP contribution in [0.2, 0.25) is 0 Å². The Morgan fingerprint density at radius 2 is 1.72 bits per heavy atom. The van der Waals surface area contributed by atoms with E-state index in [0.717, 1.165) is 11.0 Å². The van der Waals surface area contributed by atoms with Crippen LogP contribution in [0.15, 0.2) is 42.5 Å². The number of benzene rings is 2. The molecule has 0 bridgehead atoms. The molecule has 0 aliphatic carbocycles. The molecule has 0 atom stereocenters. The summed E-state index contributed by atoms with van der Waals surface area (Å²) in [4.78, 5) is 37.3. The molecule has 128 valence electrons. The highest BCUT2D eigenvalue weighted by Crippen LogP contribution is 2.22. The van der Waals surface area contributed by atoms with Crippen LogP contribution in [0.1, 0.15) is 31.1 Å². The zero-order chi connectivity index (χ0) is 18.0. The Labute approximate surface area is 142 Å². The Morgan fingerprint density at radius 1 is 1.08 bits per heavy atom. The van der Waals surface area contributed by atoms with Crippen molar-refractivity contribution < 1.29 is 28.2 Å². The second-order valence-electron chi connectivity index (χ2n) is 5.29. The van der Waals surface area contributed by atoms with Gasteiger partial charge in [0.1, 0.15) is 6.61 Å². The van der Waals surface area contributed by atoms with Crippen molar-refractivity contribution in [2.75, 3.05) is 20.3 Å². The Morgan fingerprint density at radius 3 is 2.28 bits per heavy atom. The number of ether oxygens (including phenoxy) is 2. The van der Waals surface area contributed by atoms with Crippen molar-refractivity contribution in [2.24, 2.45) is 0 Å². The molecule has 2 aromatic rings. The van der Waals surface area contributed by atoms with E-state index >= 15 is 0 Å². The van der Waals surface area contributed by atoms with Crippen LogP contribution in [0, 0.1) is 5.82 Å². The number of imide groups is 1. The molecular weight excluding hydrogens is 329 g/mol. The van der Waals surface area contributed by atoms with Gasteiger partial charge in [0.25, 0.3) is 11.8 Å². The zero-order valence-corrected chi connectivity index (χ0v) is 13.3. The van der Waals surface area contributed by atoms with Gasteiger partial charge in [-0.1, -0.05) is 12.1 Å². The average Bonchev–Trinajstić information content (AvgIpc) is 2.86. The third kappa shape index (κ3) is 3.08. The number of carbonyl (C=O) groups excluding carboxylic acids is 3. The number of rotatable bonds is 5. The quantitative estimate of drug-likeness (QED) is 0.615. The summed E-state index contributed by atoms with van der Waals surface area (Å²) in [7, 11) is 1.32. The number of halogens is 1. The minimum absolute atomic E-state index is 0.0145. The lowest BCUT2D eigenvalue weighted by Gasteiger charge is -2.14. The average molecular weight is 343 g/mol. The Balaban J connectivity index is 1.60. The van der Waals surface area contributed by atoms with E-state index in [0.29, 0.717) is 11.1 Å². The highest BCUT2D eigenvalue weighted by Gasteiger charge is 2.34. The fourth-order valence-corrected chi connectivity index (χ4v) is 2.55. The molecule has 6 nitrogen and oxygen atoms in total. The molecular formula is C18H14FNO5. The molecule has 0 spiro atoms. The molecule has 2 aromatic carbocycles. The van der Waals surface area contributed by atoms with Crippen molar-refractivity contribution in [3.63, 3.8) is 0 Å². The summed E-state index contributed by atoms with van der Waals surface area (Å²) in [5.41, 5.74) is 0.674. The Hall–Kier alpha value is -3.22. The van der Waals surface area contributed by atoms with Crippen LogP contribution in [-0.2, 0) is 4.74 Å². The van der Waals surface area contributed by atoms with Crippen LogP contribution in [0.25, 0.3) is 0 Å². The van der Waals surface area contributed by atoms with E-state index in [2.05, 4.69) is 0 Å². The van der Waals surface area contributed by atoms with Crippen LogP contribution in [-0.4, -0.2) is 42.9 Å². The summed E-state index contributed by atoms with van der Waals surface area (Å²) in [5, 5.41) is 0. The highest BCUT2D eigenvalue weighted by molar-refractivity contribution is 6.21. The fraction of sp³-hybridized carbons (Fsp3) is 0.167. The van der Waals surface area contributed by atoms with E-state index in [1.165, 1.54) is 19.2 Å². The molecule has 0 fully saturated rings. The second kappa shape index (κ2) is 6.72. The first-order valence-electron chi connectivity index (χ1n) is 7.49. The lowest BCUT2D eigenvalue weighted by molar-refractivity contribution is 0.0420. The summed E-state index contributed by atoms with van der Waals surface area (Å²) in [5.74, 6) is -2.27. The Kier molecular flexibility index (Phi) is 4.47. The number of hydrogen-bond acceptors (Lipinski definition) is 5. The maximum Gasteiger partial charge on any atom is 0.338 e. The maximum atomic E-state index is 13.6. The SMILES string of the molecule is COc1ccc(C(=O)OCCN2C(=O)c3ccccc3C2=O)cc1F. The van der Waals surface area contributed by atoms with Crippen LogP contribution in [0.5, 0.6) is 5.75 Å². The normalized spacial score (nSPS) is 13.0. The van der Waals surface area contributed by atoms with Crippen molar-refractivity contribution in [3.8, 4) is 5.75 Å². The van der Waals surface area contributed by atoms with Crippen LogP contribution in [0.3, 0.4) is 0 Å². The largest absolute Gasteiger partial charge is 0.494 e. The van der Waals surface area contributed by atoms with E-state index in [-0.39, 0.29) is 24.5 Å². The standard InChI is InChI=1S/C18H14FNO5/c1-24-15-7-6-11(10-14(15)19)18(23)25-9-8-20-16(21)12-4-2-3-5-13(12)17(20)22/h2-7,10H,8-9H2,1H3. The third-order valence-electron chi connectivity index (χ3n) is 3.81. The molecule has 0 saturated carbocycles. The predicted molar refractivity (Wildman–Crippen MR) is 85.0 cm³/mol. The number of methoxy groups -OCH3 is 1. The topological polar surface area (TPSA) is 72.9 Å². The van der Waals surface area contributed by atoms with Crippen molar-refractivity contribution in [1.82, 2.24) is 4.90 Å². The molecule has 1 heterocycles. The fourth-order valence-electron chi connectivity index (χ4n) is 2.55. The summed E-state index contributed by atoms with van der Waals surface area (Å²) in [6, 6.07) is 10.2. The van der Waals surface area contributed by atoms with Gasteiger partial charge in [0.05, 0.1) is 30.3 Å². The number of nitrogens with zero attached hydrogens (tertiary/aromatic N) is 1. The van der Waals surface area contributed by atoms with Gasteiger partial charge in [-0.25, -0.2) is 9.18 Å². The summed E-state index contributed by atoms with van der Waals surface area (Å²) in [6.07, 6.45) is 0. The van der Waals surface area contributed by atoms with Gasteiger partial charge in [-0.3, -0.25) is 14.5 Å². The van der Waals surface area contributed by atoms with E-state index in [9.17, 15) is 18.8 Å². The first-order valence-corrected chi connectivity index (χ1v) is 7.49. The minimum atomic E-state index is -0.752. The number of hydrogen-bond donors (Lipinski definition) is 0. The van der Waals surface area contributed by atoms with E-state index < -0.39 is 23.6 Å². The van der Waals surface area contributed by atoms with Crippen molar-refractivity contribution in [3.05, 3.63) is 65.0 Å². The molecule has 1 aliphatic rings. The van der Waals surface area contributed by atoms with E-state index in [1.807, 2.05) is 0 Å². The second-order valence-corrected chi connectivity index (χ2v) is 5.29. The molecule has 0 unspecified atom stereocenters. The molecule has 0 radical (unpaired) electrons. The van der Waals surface area contributed by atoms with Gasteiger partial charge < -0.3 is 9.47 Å². The molecule has 1 aliphatic heterocycles. The van der Waals surface area contributed by atoms with Gasteiger partial charge in [0, 0.05) is 0 Å². The van der Waals surface area contributed by atoms with Gasteiger partial charge in [-0.05, 0) is 30.3 Å². The molecule has 3 rings (SSSR count). The van der Waals surface area contributed by atoms with Gasteiger partial charge in [0.15, 0.2) is 11.6 Å². The molecule has 0 N–H and O–H groups in total. The number of fused-ring (bicyclic) bond motifs is 1. The smallest absolute Gasteiger partial charge is 0.338 e. The Bertz CT molecular complexity index is 829. The monoisotopic (exact) mass is 343 g/mol.